The molecule has 20 heavy (non-hydrogen) atoms. The fourth-order valence-electron chi connectivity index (χ4n) is 2.61. The van der Waals surface area contributed by atoms with Crippen LogP contribution in [0.1, 0.15) is 19.8 Å². The number of hydrogen-bond acceptors (Lipinski definition) is 6. The molecule has 0 radical (unpaired) electrons. The van der Waals surface area contributed by atoms with Gasteiger partial charge in [0.25, 0.3) is 10.1 Å². The second-order valence-electron chi connectivity index (χ2n) is 5.69. The van der Waals surface area contributed by atoms with Gasteiger partial charge in [0.1, 0.15) is 0 Å². The fourth-order valence-corrected chi connectivity index (χ4v) is 3.16. The van der Waals surface area contributed by atoms with Crippen LogP contribution in [-0.2, 0) is 19.0 Å². The number of nitrogens with zero attached hydrogens (tertiary/aromatic N) is 2. The highest BCUT2D eigenvalue weighted by Gasteiger charge is 2.42. The molecule has 0 N–H and O–H groups in total. The van der Waals surface area contributed by atoms with E-state index in [-0.39, 0.29) is 0 Å². The molecule has 0 aliphatic carbocycles. The normalized spacial score (nSPS) is 29.8. The van der Waals surface area contributed by atoms with Crippen molar-refractivity contribution in [3.05, 3.63) is 0 Å². The summed E-state index contributed by atoms with van der Waals surface area (Å²) in [5, 5.41) is 0. The van der Waals surface area contributed by atoms with Crippen LogP contribution in [0.5, 0.6) is 0 Å². The zero-order valence-electron chi connectivity index (χ0n) is 12.1. The summed E-state index contributed by atoms with van der Waals surface area (Å²) < 4.78 is 32.1. The highest BCUT2D eigenvalue weighted by atomic mass is 32.2. The molecule has 0 spiro atoms. The largest absolute Gasteiger partial charge is 0.416 e. The Morgan fingerprint density at radius 2 is 1.95 bits per heavy atom. The molecule has 2 fully saturated rings. The van der Waals surface area contributed by atoms with Gasteiger partial charge >= 0.3 is 6.09 Å². The summed E-state index contributed by atoms with van der Waals surface area (Å²) in [4.78, 5) is 15.7. The molecular formula is C12H22N2O5S. The van der Waals surface area contributed by atoms with E-state index in [9.17, 15) is 13.2 Å². The topological polar surface area (TPSA) is 76.2 Å². The third-order valence-electron chi connectivity index (χ3n) is 3.90. The number of ether oxygens (including phenoxy) is 1. The van der Waals surface area contributed by atoms with Gasteiger partial charge < -0.3 is 9.64 Å². The second kappa shape index (κ2) is 5.87. The average Bonchev–Trinajstić information content (AvgIpc) is 2.57. The third kappa shape index (κ3) is 3.83. The number of amides is 1. The lowest BCUT2D eigenvalue weighted by Gasteiger charge is -2.32. The van der Waals surface area contributed by atoms with Gasteiger partial charge in [0, 0.05) is 6.54 Å². The molecule has 116 valence electrons. The molecule has 0 aromatic rings. The first-order valence-electron chi connectivity index (χ1n) is 6.80. The van der Waals surface area contributed by atoms with Crippen molar-refractivity contribution < 1.29 is 22.1 Å². The molecule has 2 rings (SSSR count). The monoisotopic (exact) mass is 306 g/mol. The molecule has 8 heteroatoms. The van der Waals surface area contributed by atoms with Crippen LogP contribution >= 0.6 is 0 Å². The van der Waals surface area contributed by atoms with Gasteiger partial charge in [-0.15, -0.1) is 0 Å². The van der Waals surface area contributed by atoms with Crippen LogP contribution in [-0.4, -0.2) is 69.6 Å². The molecule has 2 aliphatic rings. The summed E-state index contributed by atoms with van der Waals surface area (Å²) in [6.07, 6.45) is 1.48. The maximum Gasteiger partial charge on any atom is 0.412 e. The summed E-state index contributed by atoms with van der Waals surface area (Å²) >= 11 is 0. The molecule has 2 unspecified atom stereocenters. The minimum absolute atomic E-state index is 0.392. The Morgan fingerprint density at radius 1 is 1.35 bits per heavy atom. The first kappa shape index (κ1) is 15.5. The SMILES string of the molecule is CC1C(OS(C)(=O)=O)OC(=O)N1CC1CCN(C)CC1. The van der Waals surface area contributed by atoms with Gasteiger partial charge in [-0.1, -0.05) is 0 Å². The molecule has 1 amide bonds. The molecule has 2 aliphatic heterocycles. The van der Waals surface area contributed by atoms with Gasteiger partial charge in [0.15, 0.2) is 0 Å². The van der Waals surface area contributed by atoms with E-state index in [1.54, 1.807) is 11.8 Å². The highest BCUT2D eigenvalue weighted by molar-refractivity contribution is 7.86. The molecule has 0 aromatic carbocycles. The van der Waals surface area contributed by atoms with Crippen molar-refractivity contribution in [2.24, 2.45) is 5.92 Å². The average molecular weight is 306 g/mol. The van der Waals surface area contributed by atoms with Crippen LogP contribution in [0.2, 0.25) is 0 Å². The minimum atomic E-state index is -3.64. The van der Waals surface area contributed by atoms with Crippen molar-refractivity contribution in [3.8, 4) is 0 Å². The van der Waals surface area contributed by atoms with Crippen LogP contribution in [0.3, 0.4) is 0 Å². The Kier molecular flexibility index (Phi) is 4.55. The third-order valence-corrected chi connectivity index (χ3v) is 4.44. The maximum atomic E-state index is 11.8. The zero-order valence-corrected chi connectivity index (χ0v) is 12.9. The lowest BCUT2D eigenvalue weighted by Crippen LogP contribution is -2.41. The number of likely N-dealkylation sites (tertiary alicyclic amines) is 1. The van der Waals surface area contributed by atoms with E-state index in [4.69, 9.17) is 8.92 Å². The number of carbonyl (C=O) groups is 1. The Morgan fingerprint density at radius 3 is 2.50 bits per heavy atom. The molecule has 2 saturated heterocycles. The minimum Gasteiger partial charge on any atom is -0.416 e. The molecule has 7 nitrogen and oxygen atoms in total. The van der Waals surface area contributed by atoms with Gasteiger partial charge in [-0.2, -0.15) is 8.42 Å². The molecule has 0 saturated carbocycles. The van der Waals surface area contributed by atoms with Gasteiger partial charge in [0.2, 0.25) is 6.29 Å². The first-order valence-corrected chi connectivity index (χ1v) is 8.62. The summed E-state index contributed by atoms with van der Waals surface area (Å²) in [5.74, 6) is 0.429. The Bertz CT molecular complexity index is 458. The molecular weight excluding hydrogens is 284 g/mol. The van der Waals surface area contributed by atoms with Crippen LogP contribution in [0.25, 0.3) is 0 Å². The molecule has 2 heterocycles. The zero-order chi connectivity index (χ0) is 14.9. The van der Waals surface area contributed by atoms with E-state index in [2.05, 4.69) is 11.9 Å². The van der Waals surface area contributed by atoms with Crippen LogP contribution in [0.15, 0.2) is 0 Å². The first-order chi connectivity index (χ1) is 9.26. The summed E-state index contributed by atoms with van der Waals surface area (Å²) in [5.41, 5.74) is 0. The summed E-state index contributed by atoms with van der Waals surface area (Å²) in [7, 11) is -1.56. The number of rotatable bonds is 4. The van der Waals surface area contributed by atoms with Crippen LogP contribution < -0.4 is 0 Å². The summed E-state index contributed by atoms with van der Waals surface area (Å²) in [6, 6.07) is -0.392. The lowest BCUT2D eigenvalue weighted by molar-refractivity contribution is -0.00783. The van der Waals surface area contributed by atoms with Gasteiger partial charge in [-0.25, -0.2) is 8.98 Å². The van der Waals surface area contributed by atoms with Crippen molar-refractivity contribution in [1.82, 2.24) is 9.80 Å². The van der Waals surface area contributed by atoms with Crippen molar-refractivity contribution in [2.75, 3.05) is 32.9 Å². The van der Waals surface area contributed by atoms with Gasteiger partial charge in [-0.3, -0.25) is 4.90 Å². The van der Waals surface area contributed by atoms with E-state index in [1.165, 1.54) is 0 Å². The van der Waals surface area contributed by atoms with Gasteiger partial charge in [-0.05, 0) is 45.8 Å². The van der Waals surface area contributed by atoms with Crippen LogP contribution in [0.4, 0.5) is 4.79 Å². The van der Waals surface area contributed by atoms with Crippen molar-refractivity contribution in [3.63, 3.8) is 0 Å². The maximum absolute atomic E-state index is 11.8. The second-order valence-corrected chi connectivity index (χ2v) is 7.29. The number of cyclic esters (lactones) is 1. The van der Waals surface area contributed by atoms with Crippen LogP contribution in [0, 0.1) is 5.92 Å². The Labute approximate surface area is 119 Å². The Balaban J connectivity index is 1.93. The Hall–Kier alpha value is -0.860. The number of piperidine rings is 1. The quantitative estimate of drug-likeness (QED) is 0.703. The van der Waals surface area contributed by atoms with E-state index >= 15 is 0 Å². The predicted octanol–water partition coefficient (Wildman–Crippen LogP) is 0.471. The molecule has 2 atom stereocenters. The standard InChI is InChI=1S/C12H22N2O5S/c1-9-11(19-20(3,16)17)18-12(15)14(9)8-10-4-6-13(2)7-5-10/h9-11H,4-8H2,1-3H3. The van der Waals surface area contributed by atoms with Gasteiger partial charge in [0.05, 0.1) is 12.3 Å². The molecule has 0 bridgehead atoms. The lowest BCUT2D eigenvalue weighted by atomic mass is 9.96. The molecule has 0 aromatic heterocycles. The van der Waals surface area contributed by atoms with E-state index in [0.29, 0.717) is 12.5 Å². The van der Waals surface area contributed by atoms with Crippen molar-refractivity contribution in [1.29, 1.82) is 0 Å². The van der Waals surface area contributed by atoms with Crippen molar-refractivity contribution in [2.45, 2.75) is 32.1 Å². The number of hydrogen-bond donors (Lipinski definition) is 0. The van der Waals surface area contributed by atoms with E-state index in [0.717, 1.165) is 32.2 Å². The van der Waals surface area contributed by atoms with E-state index < -0.39 is 28.5 Å². The fraction of sp³-hybridized carbons (Fsp3) is 0.917. The summed E-state index contributed by atoms with van der Waals surface area (Å²) in [6.45, 7) is 4.38. The number of carbonyl (C=O) groups excluding carboxylic acids is 1. The smallest absolute Gasteiger partial charge is 0.412 e. The van der Waals surface area contributed by atoms with Crippen molar-refractivity contribution >= 4 is 16.2 Å². The predicted molar refractivity (Wildman–Crippen MR) is 72.6 cm³/mol. The van der Waals surface area contributed by atoms with E-state index in [1.807, 2.05) is 0 Å². The highest BCUT2D eigenvalue weighted by Crippen LogP contribution is 2.25.